The lowest BCUT2D eigenvalue weighted by molar-refractivity contribution is 0.0560. The third-order valence-electron chi connectivity index (χ3n) is 4.88. The minimum atomic E-state index is -0.475. The molecule has 146 valence electrons. The highest BCUT2D eigenvalue weighted by Gasteiger charge is 2.22. The maximum absolute atomic E-state index is 12.9. The second-order valence-electron chi connectivity index (χ2n) is 6.71. The lowest BCUT2D eigenvalue weighted by atomic mass is 10.2. The molecule has 1 aliphatic rings. The maximum atomic E-state index is 12.9. The van der Waals surface area contributed by atoms with Gasteiger partial charge in [-0.25, -0.2) is 9.78 Å². The minimum absolute atomic E-state index is 0.0585. The number of rotatable bonds is 4. The van der Waals surface area contributed by atoms with Crippen LogP contribution in [0, 0.1) is 0 Å². The molecule has 1 saturated heterocycles. The van der Waals surface area contributed by atoms with Gasteiger partial charge in [-0.2, -0.15) is 0 Å². The Morgan fingerprint density at radius 1 is 1.18 bits per heavy atom. The van der Waals surface area contributed by atoms with Crippen molar-refractivity contribution in [3.8, 4) is 0 Å². The number of fused-ring (bicyclic) bond motifs is 1. The summed E-state index contributed by atoms with van der Waals surface area (Å²) in [6, 6.07) is 9.10. The quantitative estimate of drug-likeness (QED) is 0.628. The van der Waals surface area contributed by atoms with E-state index in [4.69, 9.17) is 4.42 Å². The molecular weight excluding hydrogens is 378 g/mol. The Labute approximate surface area is 166 Å². The topological polar surface area (TPSA) is 75.9 Å². The summed E-state index contributed by atoms with van der Waals surface area (Å²) < 4.78 is 11.3. The van der Waals surface area contributed by atoms with E-state index in [2.05, 4.69) is 14.6 Å². The van der Waals surface area contributed by atoms with E-state index in [-0.39, 0.29) is 11.7 Å². The number of thiazole rings is 1. The molecule has 3 aromatic rings. The van der Waals surface area contributed by atoms with E-state index in [1.807, 2.05) is 23.1 Å². The highest BCUT2D eigenvalue weighted by atomic mass is 32.1. The molecule has 0 unspecified atom stereocenters. The number of benzene rings is 1. The molecule has 1 aromatic carbocycles. The molecule has 0 aliphatic carbocycles. The average Bonchev–Trinajstić information content (AvgIpc) is 3.31. The van der Waals surface area contributed by atoms with Gasteiger partial charge < -0.3 is 14.1 Å². The summed E-state index contributed by atoms with van der Waals surface area (Å²) in [5, 5.41) is 0. The van der Waals surface area contributed by atoms with Gasteiger partial charge in [-0.15, -0.1) is 11.3 Å². The van der Waals surface area contributed by atoms with Crippen molar-refractivity contribution in [3.05, 3.63) is 52.9 Å². The molecule has 0 spiro atoms. The number of esters is 1. The minimum Gasteiger partial charge on any atom is -0.463 e. The summed E-state index contributed by atoms with van der Waals surface area (Å²) in [6.45, 7) is 3.60. The zero-order valence-corrected chi connectivity index (χ0v) is 16.4. The molecule has 4 rings (SSSR count). The number of carbonyl (C=O) groups excluding carboxylic acids is 2. The number of methoxy groups -OCH3 is 1. The molecule has 1 aliphatic heterocycles. The van der Waals surface area contributed by atoms with Crippen molar-refractivity contribution in [2.45, 2.75) is 13.0 Å². The van der Waals surface area contributed by atoms with Crippen molar-refractivity contribution in [1.82, 2.24) is 14.8 Å². The van der Waals surface area contributed by atoms with E-state index in [1.165, 1.54) is 7.11 Å². The molecule has 0 saturated carbocycles. The monoisotopic (exact) mass is 399 g/mol. The highest BCUT2D eigenvalue weighted by Crippen LogP contribution is 2.21. The Hall–Kier alpha value is -2.71. The molecule has 28 heavy (non-hydrogen) atoms. The first kappa shape index (κ1) is 18.6. The summed E-state index contributed by atoms with van der Waals surface area (Å²) in [6.07, 6.45) is 0.888. The van der Waals surface area contributed by atoms with Gasteiger partial charge in [-0.05, 0) is 36.8 Å². The first-order valence-corrected chi connectivity index (χ1v) is 10.0. The number of ether oxygens (including phenoxy) is 1. The van der Waals surface area contributed by atoms with Gasteiger partial charge in [0.15, 0.2) is 0 Å². The van der Waals surface area contributed by atoms with Crippen LogP contribution in [-0.2, 0) is 11.3 Å². The van der Waals surface area contributed by atoms with Crippen LogP contribution in [0.2, 0.25) is 0 Å². The second kappa shape index (κ2) is 8.12. The Kier molecular flexibility index (Phi) is 5.40. The molecule has 1 fully saturated rings. The fourth-order valence-electron chi connectivity index (χ4n) is 3.40. The molecule has 0 radical (unpaired) electrons. The van der Waals surface area contributed by atoms with Gasteiger partial charge in [0, 0.05) is 31.7 Å². The Bertz CT molecular complexity index is 996. The van der Waals surface area contributed by atoms with Crippen molar-refractivity contribution in [2.24, 2.45) is 0 Å². The number of carbonyl (C=O) groups is 2. The summed E-state index contributed by atoms with van der Waals surface area (Å²) >= 11 is 1.54. The van der Waals surface area contributed by atoms with Crippen molar-refractivity contribution in [2.75, 3.05) is 33.3 Å². The van der Waals surface area contributed by atoms with Gasteiger partial charge in [0.2, 0.25) is 5.76 Å². The number of amides is 1. The summed E-state index contributed by atoms with van der Waals surface area (Å²) in [5.41, 5.74) is 3.43. The number of furan rings is 1. The van der Waals surface area contributed by atoms with E-state index in [0.29, 0.717) is 18.7 Å². The van der Waals surface area contributed by atoms with Crippen LogP contribution in [0.5, 0.6) is 0 Å². The standard InChI is InChI=1S/C20H21N3O4S/c1-26-20(25)17-6-4-15(27-17)12-22-7-2-8-23(10-9-22)19(24)14-3-5-16-18(11-14)28-13-21-16/h3-6,11,13H,2,7-10,12H2,1H3. The molecule has 7 nitrogen and oxygen atoms in total. The van der Waals surface area contributed by atoms with Gasteiger partial charge in [0.1, 0.15) is 5.76 Å². The van der Waals surface area contributed by atoms with Crippen LogP contribution < -0.4 is 0 Å². The SMILES string of the molecule is COC(=O)c1ccc(CN2CCCN(C(=O)c3ccc4ncsc4c3)CC2)o1. The lowest BCUT2D eigenvalue weighted by Gasteiger charge is -2.21. The van der Waals surface area contributed by atoms with Crippen LogP contribution in [0.3, 0.4) is 0 Å². The fraction of sp³-hybridized carbons (Fsp3) is 0.350. The molecule has 8 heteroatoms. The van der Waals surface area contributed by atoms with E-state index < -0.39 is 5.97 Å². The van der Waals surface area contributed by atoms with Crippen molar-refractivity contribution < 1.29 is 18.7 Å². The molecule has 0 atom stereocenters. The van der Waals surface area contributed by atoms with Gasteiger partial charge in [-0.3, -0.25) is 9.69 Å². The predicted octanol–water partition coefficient (Wildman–Crippen LogP) is 3.02. The molecule has 1 amide bonds. The Balaban J connectivity index is 1.38. The molecule has 2 aromatic heterocycles. The number of hydrogen-bond donors (Lipinski definition) is 0. The largest absolute Gasteiger partial charge is 0.463 e. The molecule has 3 heterocycles. The zero-order valence-electron chi connectivity index (χ0n) is 15.6. The third-order valence-corrected chi connectivity index (χ3v) is 5.67. The zero-order chi connectivity index (χ0) is 19.5. The van der Waals surface area contributed by atoms with E-state index >= 15 is 0 Å². The van der Waals surface area contributed by atoms with Gasteiger partial charge >= 0.3 is 5.97 Å². The molecule has 0 N–H and O–H groups in total. The first-order valence-electron chi connectivity index (χ1n) is 9.16. The predicted molar refractivity (Wildman–Crippen MR) is 105 cm³/mol. The van der Waals surface area contributed by atoms with Gasteiger partial charge in [0.05, 0.1) is 29.4 Å². The normalized spacial score (nSPS) is 15.5. The van der Waals surface area contributed by atoms with Crippen LogP contribution in [0.15, 0.2) is 40.3 Å². The lowest BCUT2D eigenvalue weighted by Crippen LogP contribution is -2.35. The van der Waals surface area contributed by atoms with Gasteiger partial charge in [0.25, 0.3) is 5.91 Å². The Morgan fingerprint density at radius 3 is 2.93 bits per heavy atom. The molecular formula is C20H21N3O4S. The van der Waals surface area contributed by atoms with E-state index in [9.17, 15) is 9.59 Å². The fourth-order valence-corrected chi connectivity index (χ4v) is 4.11. The molecule has 0 bridgehead atoms. The van der Waals surface area contributed by atoms with Crippen molar-refractivity contribution in [3.63, 3.8) is 0 Å². The summed E-state index contributed by atoms with van der Waals surface area (Å²) in [4.78, 5) is 32.8. The first-order chi connectivity index (χ1) is 13.6. The average molecular weight is 399 g/mol. The summed E-state index contributed by atoms with van der Waals surface area (Å²) in [5.74, 6) is 0.512. The smallest absolute Gasteiger partial charge is 0.373 e. The van der Waals surface area contributed by atoms with Crippen LogP contribution >= 0.6 is 11.3 Å². The van der Waals surface area contributed by atoms with Crippen LogP contribution in [0.1, 0.15) is 33.1 Å². The van der Waals surface area contributed by atoms with Crippen LogP contribution in [0.4, 0.5) is 0 Å². The Morgan fingerprint density at radius 2 is 2.07 bits per heavy atom. The van der Waals surface area contributed by atoms with Crippen LogP contribution in [-0.4, -0.2) is 59.9 Å². The number of hydrogen-bond acceptors (Lipinski definition) is 7. The van der Waals surface area contributed by atoms with E-state index in [1.54, 1.807) is 29.0 Å². The second-order valence-corrected chi connectivity index (χ2v) is 7.60. The van der Waals surface area contributed by atoms with E-state index in [0.717, 1.165) is 42.0 Å². The maximum Gasteiger partial charge on any atom is 0.373 e. The number of aromatic nitrogens is 1. The van der Waals surface area contributed by atoms with Crippen molar-refractivity contribution >= 4 is 33.4 Å². The van der Waals surface area contributed by atoms with Crippen molar-refractivity contribution in [1.29, 1.82) is 0 Å². The van der Waals surface area contributed by atoms with Crippen LogP contribution in [0.25, 0.3) is 10.2 Å². The van der Waals surface area contributed by atoms with Gasteiger partial charge in [-0.1, -0.05) is 0 Å². The third kappa shape index (κ3) is 3.93. The number of nitrogens with zero attached hydrogens (tertiary/aromatic N) is 3. The highest BCUT2D eigenvalue weighted by molar-refractivity contribution is 7.16. The summed E-state index contributed by atoms with van der Waals surface area (Å²) in [7, 11) is 1.33.